The van der Waals surface area contributed by atoms with Gasteiger partial charge < -0.3 is 14.6 Å². The normalized spacial score (nSPS) is 13.6. The molecular weight excluding hydrogens is 236 g/mol. The molecule has 0 spiro atoms. The highest BCUT2D eigenvalue weighted by Gasteiger charge is 2.35. The Morgan fingerprint density at radius 3 is 2.00 bits per heavy atom. The minimum Gasteiger partial charge on any atom is -0.468 e. The number of carbonyl (C=O) groups excluding carboxylic acids is 2. The van der Waals surface area contributed by atoms with Gasteiger partial charge in [-0.05, 0) is 12.5 Å². The molecule has 0 saturated heterocycles. The number of ether oxygens (including phenoxy) is 2. The molecule has 0 aliphatic heterocycles. The van der Waals surface area contributed by atoms with Crippen molar-refractivity contribution in [1.29, 1.82) is 0 Å². The van der Waals surface area contributed by atoms with Crippen LogP contribution >= 0.6 is 0 Å². The zero-order valence-corrected chi connectivity index (χ0v) is 10.5. The fourth-order valence-corrected chi connectivity index (χ4v) is 1.60. The summed E-state index contributed by atoms with van der Waals surface area (Å²) in [4.78, 5) is 23.0. The van der Waals surface area contributed by atoms with E-state index >= 15 is 0 Å². The number of aliphatic hydroxyl groups excluding tert-OH is 1. The smallest absolute Gasteiger partial charge is 0.335 e. The van der Waals surface area contributed by atoms with Crippen LogP contribution < -0.4 is 0 Å². The number of benzene rings is 1. The maximum atomic E-state index is 11.7. The molecule has 1 rings (SSSR count). The first-order chi connectivity index (χ1) is 8.51. The Bertz CT molecular complexity index is 424. The van der Waals surface area contributed by atoms with E-state index in [1.807, 2.05) is 6.92 Å². The van der Waals surface area contributed by atoms with Gasteiger partial charge in [0.15, 0.2) is 6.10 Å². The lowest BCUT2D eigenvalue weighted by atomic mass is 9.93. The zero-order chi connectivity index (χ0) is 13.7. The van der Waals surface area contributed by atoms with Crippen molar-refractivity contribution in [2.45, 2.75) is 18.9 Å². The van der Waals surface area contributed by atoms with Crippen molar-refractivity contribution in [3.8, 4) is 0 Å². The number of hydrogen-bond donors (Lipinski definition) is 1. The summed E-state index contributed by atoms with van der Waals surface area (Å²) < 4.78 is 9.04. The van der Waals surface area contributed by atoms with Gasteiger partial charge in [0, 0.05) is 0 Å². The first-order valence-electron chi connectivity index (χ1n) is 5.41. The topological polar surface area (TPSA) is 72.8 Å². The summed E-state index contributed by atoms with van der Waals surface area (Å²) in [5.41, 5.74) is 1.51. The van der Waals surface area contributed by atoms with Crippen LogP contribution in [0.4, 0.5) is 0 Å². The molecule has 0 aromatic heterocycles. The zero-order valence-electron chi connectivity index (χ0n) is 10.5. The average molecular weight is 252 g/mol. The minimum absolute atomic E-state index is 0.505. The van der Waals surface area contributed by atoms with Gasteiger partial charge in [-0.1, -0.05) is 29.8 Å². The first kappa shape index (κ1) is 14.2. The van der Waals surface area contributed by atoms with E-state index in [1.165, 1.54) is 7.11 Å². The van der Waals surface area contributed by atoms with E-state index in [9.17, 15) is 14.7 Å². The summed E-state index contributed by atoms with van der Waals surface area (Å²) in [6.45, 7) is 1.90. The van der Waals surface area contributed by atoms with Gasteiger partial charge in [-0.15, -0.1) is 0 Å². The molecule has 1 N–H and O–H groups in total. The largest absolute Gasteiger partial charge is 0.468 e. The van der Waals surface area contributed by atoms with Crippen LogP contribution in [0.2, 0.25) is 0 Å². The van der Waals surface area contributed by atoms with E-state index in [2.05, 4.69) is 9.47 Å². The number of hydrogen-bond acceptors (Lipinski definition) is 5. The Hall–Kier alpha value is -1.88. The molecule has 1 aromatic rings. The molecule has 5 nitrogen and oxygen atoms in total. The van der Waals surface area contributed by atoms with Crippen LogP contribution in [-0.4, -0.2) is 37.4 Å². The molecule has 18 heavy (non-hydrogen) atoms. The molecule has 5 heteroatoms. The number of aliphatic hydroxyl groups is 1. The van der Waals surface area contributed by atoms with Gasteiger partial charge in [0.25, 0.3) is 0 Å². The van der Waals surface area contributed by atoms with E-state index in [1.54, 1.807) is 24.3 Å². The van der Waals surface area contributed by atoms with Gasteiger partial charge >= 0.3 is 11.9 Å². The molecule has 0 amide bonds. The van der Waals surface area contributed by atoms with Crippen LogP contribution in [0.5, 0.6) is 0 Å². The van der Waals surface area contributed by atoms with E-state index in [4.69, 9.17) is 0 Å². The minimum atomic E-state index is -1.58. The van der Waals surface area contributed by atoms with Crippen LogP contribution in [0, 0.1) is 6.92 Å². The van der Waals surface area contributed by atoms with Crippen molar-refractivity contribution in [2.75, 3.05) is 14.2 Å². The standard InChI is InChI=1S/C13H16O5/c1-8-4-6-9(7-5-8)10(12(15)17-2)11(14)13(16)18-3/h4-7,10-11,14H,1-3H3. The number of carbonyl (C=O) groups is 2. The van der Waals surface area contributed by atoms with Crippen molar-refractivity contribution >= 4 is 11.9 Å². The Balaban J connectivity index is 3.09. The van der Waals surface area contributed by atoms with Gasteiger partial charge in [-0.25, -0.2) is 4.79 Å². The summed E-state index contributed by atoms with van der Waals surface area (Å²) in [6, 6.07) is 6.91. The van der Waals surface area contributed by atoms with E-state index in [-0.39, 0.29) is 0 Å². The maximum absolute atomic E-state index is 11.7. The molecular formula is C13H16O5. The van der Waals surface area contributed by atoms with E-state index in [0.717, 1.165) is 12.7 Å². The van der Waals surface area contributed by atoms with Crippen LogP contribution in [0.25, 0.3) is 0 Å². The third-order valence-corrected chi connectivity index (χ3v) is 2.65. The predicted molar refractivity (Wildman–Crippen MR) is 64.0 cm³/mol. The van der Waals surface area contributed by atoms with Crippen molar-refractivity contribution in [1.82, 2.24) is 0 Å². The van der Waals surface area contributed by atoms with Gasteiger partial charge in [0.2, 0.25) is 0 Å². The summed E-state index contributed by atoms with van der Waals surface area (Å²) in [5.74, 6) is -2.63. The Morgan fingerprint density at radius 1 is 1.06 bits per heavy atom. The van der Waals surface area contributed by atoms with Gasteiger partial charge in [0.05, 0.1) is 14.2 Å². The predicted octanol–water partition coefficient (Wildman–Crippen LogP) is 0.786. The fraction of sp³-hybridized carbons (Fsp3) is 0.385. The van der Waals surface area contributed by atoms with Crippen molar-refractivity contribution in [2.24, 2.45) is 0 Å². The fourth-order valence-electron chi connectivity index (χ4n) is 1.60. The number of methoxy groups -OCH3 is 2. The second-order valence-electron chi connectivity index (χ2n) is 3.88. The van der Waals surface area contributed by atoms with Crippen LogP contribution in [0.1, 0.15) is 17.0 Å². The lowest BCUT2D eigenvalue weighted by Gasteiger charge is -2.19. The third-order valence-electron chi connectivity index (χ3n) is 2.65. The highest BCUT2D eigenvalue weighted by molar-refractivity contribution is 5.87. The lowest BCUT2D eigenvalue weighted by molar-refractivity contribution is -0.159. The number of aryl methyl sites for hydroxylation is 1. The molecule has 0 heterocycles. The molecule has 0 radical (unpaired) electrons. The summed E-state index contributed by atoms with van der Waals surface area (Å²) >= 11 is 0. The maximum Gasteiger partial charge on any atom is 0.335 e. The highest BCUT2D eigenvalue weighted by atomic mass is 16.5. The average Bonchev–Trinajstić information content (AvgIpc) is 2.39. The molecule has 2 atom stereocenters. The molecule has 1 aromatic carbocycles. The summed E-state index contributed by atoms with van der Waals surface area (Å²) in [5, 5.41) is 9.83. The Labute approximate surface area is 105 Å². The Morgan fingerprint density at radius 2 is 1.56 bits per heavy atom. The molecule has 0 bridgehead atoms. The molecule has 0 saturated carbocycles. The van der Waals surface area contributed by atoms with Crippen LogP contribution in [0.3, 0.4) is 0 Å². The van der Waals surface area contributed by atoms with Crippen LogP contribution in [-0.2, 0) is 19.1 Å². The summed E-state index contributed by atoms with van der Waals surface area (Å²) in [7, 11) is 2.35. The van der Waals surface area contributed by atoms with E-state index < -0.39 is 24.0 Å². The summed E-state index contributed by atoms with van der Waals surface area (Å²) in [6.07, 6.45) is -1.58. The van der Waals surface area contributed by atoms with Gasteiger partial charge in [0.1, 0.15) is 5.92 Å². The monoisotopic (exact) mass is 252 g/mol. The lowest BCUT2D eigenvalue weighted by Crippen LogP contribution is -2.34. The quantitative estimate of drug-likeness (QED) is 0.802. The SMILES string of the molecule is COC(=O)C(O)C(C(=O)OC)c1ccc(C)cc1. The Kier molecular flexibility index (Phi) is 4.85. The third kappa shape index (κ3) is 3.07. The molecule has 2 unspecified atom stereocenters. The second-order valence-corrected chi connectivity index (χ2v) is 3.88. The highest BCUT2D eigenvalue weighted by Crippen LogP contribution is 2.22. The molecule has 0 fully saturated rings. The number of esters is 2. The first-order valence-corrected chi connectivity index (χ1v) is 5.41. The molecule has 0 aliphatic rings. The van der Waals surface area contributed by atoms with E-state index in [0.29, 0.717) is 5.56 Å². The van der Waals surface area contributed by atoms with Crippen LogP contribution in [0.15, 0.2) is 24.3 Å². The van der Waals surface area contributed by atoms with Crippen molar-refractivity contribution < 1.29 is 24.2 Å². The number of rotatable bonds is 4. The molecule has 98 valence electrons. The second kappa shape index (κ2) is 6.16. The van der Waals surface area contributed by atoms with Crippen molar-refractivity contribution in [3.63, 3.8) is 0 Å². The van der Waals surface area contributed by atoms with Gasteiger partial charge in [-0.3, -0.25) is 4.79 Å². The van der Waals surface area contributed by atoms with Crippen molar-refractivity contribution in [3.05, 3.63) is 35.4 Å². The van der Waals surface area contributed by atoms with Gasteiger partial charge in [-0.2, -0.15) is 0 Å². The molecule has 0 aliphatic carbocycles.